The molecule has 0 spiro atoms. The van der Waals surface area contributed by atoms with Crippen molar-refractivity contribution in [2.75, 3.05) is 26.1 Å². The standard InChI is InChI=1S/C36H41N3O6/c1-43-30-13-9-29(10-14-30)38-33(40)27-7-11-31(12-8-27)45-32(26-3-5-28(6-4-26)34(41)44-2)15-16-37-35(42)39-36-20-23-17-24(21-36)19-25(18-23)22-36/h3-14,23-25,32H,15-22H2,1-2H3,(H,38,40)(H2,37,39,42). The smallest absolute Gasteiger partial charge is 0.337 e. The molecule has 4 aliphatic carbocycles. The number of benzene rings is 3. The van der Waals surface area contributed by atoms with E-state index in [4.69, 9.17) is 14.2 Å². The summed E-state index contributed by atoms with van der Waals surface area (Å²) in [5.41, 5.74) is 2.39. The highest BCUT2D eigenvalue weighted by Gasteiger charge is 2.51. The maximum atomic E-state index is 13.1. The molecule has 0 heterocycles. The van der Waals surface area contributed by atoms with E-state index >= 15 is 0 Å². The van der Waals surface area contributed by atoms with Gasteiger partial charge >= 0.3 is 12.0 Å². The lowest BCUT2D eigenvalue weighted by molar-refractivity contribution is -0.0135. The summed E-state index contributed by atoms with van der Waals surface area (Å²) in [7, 11) is 2.94. The Morgan fingerprint density at radius 1 is 0.778 bits per heavy atom. The van der Waals surface area contributed by atoms with Gasteiger partial charge in [-0.3, -0.25) is 4.79 Å². The second-order valence-corrected chi connectivity index (χ2v) is 12.8. The molecule has 3 amide bonds. The molecule has 3 aromatic carbocycles. The Bertz CT molecular complexity index is 1470. The number of amides is 3. The Kier molecular flexibility index (Phi) is 8.96. The number of urea groups is 1. The summed E-state index contributed by atoms with van der Waals surface area (Å²) in [4.78, 5) is 37.8. The minimum absolute atomic E-state index is 0.0557. The van der Waals surface area contributed by atoms with Gasteiger partial charge < -0.3 is 30.2 Å². The summed E-state index contributed by atoms with van der Waals surface area (Å²) in [6, 6.07) is 21.0. The summed E-state index contributed by atoms with van der Waals surface area (Å²) in [6.45, 7) is 0.407. The quantitative estimate of drug-likeness (QED) is 0.213. The van der Waals surface area contributed by atoms with Crippen LogP contribution in [0, 0.1) is 17.8 Å². The van der Waals surface area contributed by atoms with Gasteiger partial charge in [0, 0.05) is 29.8 Å². The minimum atomic E-state index is -0.412. The number of esters is 1. The lowest BCUT2D eigenvalue weighted by Gasteiger charge is -2.56. The van der Waals surface area contributed by atoms with E-state index in [0.717, 1.165) is 42.6 Å². The third-order valence-corrected chi connectivity index (χ3v) is 9.56. The molecular weight excluding hydrogens is 570 g/mol. The number of ether oxygens (including phenoxy) is 3. The lowest BCUT2D eigenvalue weighted by Crippen LogP contribution is -2.61. The molecule has 45 heavy (non-hydrogen) atoms. The SMILES string of the molecule is COC(=O)c1ccc(C(CCNC(=O)NC23CC4CC(CC(C4)C2)C3)Oc2ccc(C(=O)Nc3ccc(OC)cc3)cc2)cc1. The summed E-state index contributed by atoms with van der Waals surface area (Å²) >= 11 is 0. The number of hydrogen-bond acceptors (Lipinski definition) is 6. The number of carbonyl (C=O) groups is 3. The van der Waals surface area contributed by atoms with Crippen LogP contribution in [0.15, 0.2) is 72.8 Å². The molecule has 4 bridgehead atoms. The zero-order valence-corrected chi connectivity index (χ0v) is 25.8. The monoisotopic (exact) mass is 611 g/mol. The van der Waals surface area contributed by atoms with Gasteiger partial charge in [-0.2, -0.15) is 0 Å². The second kappa shape index (κ2) is 13.2. The van der Waals surface area contributed by atoms with Crippen LogP contribution in [0.5, 0.6) is 11.5 Å². The van der Waals surface area contributed by atoms with E-state index in [-0.39, 0.29) is 17.5 Å². The molecule has 4 aliphatic rings. The predicted octanol–water partition coefficient (Wildman–Crippen LogP) is 6.51. The van der Waals surface area contributed by atoms with E-state index in [2.05, 4.69) is 16.0 Å². The molecule has 0 aliphatic heterocycles. The van der Waals surface area contributed by atoms with Gasteiger partial charge in [-0.05, 0) is 123 Å². The van der Waals surface area contributed by atoms with Crippen LogP contribution in [0.25, 0.3) is 0 Å². The van der Waals surface area contributed by atoms with Crippen molar-refractivity contribution < 1.29 is 28.6 Å². The van der Waals surface area contributed by atoms with Crippen LogP contribution >= 0.6 is 0 Å². The van der Waals surface area contributed by atoms with Crippen molar-refractivity contribution in [2.24, 2.45) is 17.8 Å². The molecular formula is C36H41N3O6. The molecule has 0 aromatic heterocycles. The zero-order chi connectivity index (χ0) is 31.4. The van der Waals surface area contributed by atoms with Crippen LogP contribution in [0.4, 0.5) is 10.5 Å². The van der Waals surface area contributed by atoms with Crippen molar-refractivity contribution in [1.82, 2.24) is 10.6 Å². The molecule has 4 saturated carbocycles. The minimum Gasteiger partial charge on any atom is -0.497 e. The van der Waals surface area contributed by atoms with E-state index in [9.17, 15) is 14.4 Å². The van der Waals surface area contributed by atoms with Crippen LogP contribution < -0.4 is 25.4 Å². The normalized spacial score (nSPS) is 23.5. The molecule has 3 aromatic rings. The summed E-state index contributed by atoms with van der Waals surface area (Å²) in [5.74, 6) is 2.89. The number of anilines is 1. The number of methoxy groups -OCH3 is 2. The fourth-order valence-electron chi connectivity index (χ4n) is 7.84. The fraction of sp³-hybridized carbons (Fsp3) is 0.417. The molecule has 4 fully saturated rings. The Balaban J connectivity index is 1.09. The summed E-state index contributed by atoms with van der Waals surface area (Å²) in [5, 5.41) is 9.32. The maximum absolute atomic E-state index is 13.1. The average molecular weight is 612 g/mol. The van der Waals surface area contributed by atoms with E-state index in [1.165, 1.54) is 26.4 Å². The zero-order valence-electron chi connectivity index (χ0n) is 25.8. The topological polar surface area (TPSA) is 115 Å². The predicted molar refractivity (Wildman–Crippen MR) is 171 cm³/mol. The van der Waals surface area contributed by atoms with E-state index in [1.807, 2.05) is 12.1 Å². The Labute approximate surface area is 264 Å². The lowest BCUT2D eigenvalue weighted by atomic mass is 9.53. The molecule has 0 saturated heterocycles. The van der Waals surface area contributed by atoms with Gasteiger partial charge in [0.15, 0.2) is 0 Å². The first-order chi connectivity index (χ1) is 21.8. The van der Waals surface area contributed by atoms with Gasteiger partial charge in [-0.1, -0.05) is 12.1 Å². The van der Waals surface area contributed by atoms with Gasteiger partial charge in [0.25, 0.3) is 5.91 Å². The largest absolute Gasteiger partial charge is 0.497 e. The number of carbonyl (C=O) groups excluding carboxylic acids is 3. The number of rotatable bonds is 11. The van der Waals surface area contributed by atoms with Gasteiger partial charge in [-0.25, -0.2) is 9.59 Å². The van der Waals surface area contributed by atoms with Crippen molar-refractivity contribution in [1.29, 1.82) is 0 Å². The summed E-state index contributed by atoms with van der Waals surface area (Å²) < 4.78 is 16.4. The maximum Gasteiger partial charge on any atom is 0.337 e. The number of nitrogens with one attached hydrogen (secondary N) is 3. The van der Waals surface area contributed by atoms with Crippen LogP contribution in [0.1, 0.15) is 77.3 Å². The van der Waals surface area contributed by atoms with Crippen LogP contribution in [-0.2, 0) is 4.74 Å². The molecule has 0 radical (unpaired) electrons. The van der Waals surface area contributed by atoms with Crippen molar-refractivity contribution in [3.8, 4) is 11.5 Å². The third kappa shape index (κ3) is 7.24. The van der Waals surface area contributed by atoms with Crippen molar-refractivity contribution in [2.45, 2.75) is 56.6 Å². The Morgan fingerprint density at radius 3 is 1.93 bits per heavy atom. The summed E-state index contributed by atoms with van der Waals surface area (Å²) in [6.07, 6.45) is 7.36. The first-order valence-corrected chi connectivity index (χ1v) is 15.8. The highest BCUT2D eigenvalue weighted by Crippen LogP contribution is 2.55. The van der Waals surface area contributed by atoms with Crippen LogP contribution in [0.2, 0.25) is 0 Å². The highest BCUT2D eigenvalue weighted by atomic mass is 16.5. The van der Waals surface area contributed by atoms with Crippen LogP contribution in [-0.4, -0.2) is 44.2 Å². The van der Waals surface area contributed by atoms with Crippen LogP contribution in [0.3, 0.4) is 0 Å². The van der Waals surface area contributed by atoms with E-state index < -0.39 is 12.1 Å². The fourth-order valence-corrected chi connectivity index (χ4v) is 7.84. The third-order valence-electron chi connectivity index (χ3n) is 9.56. The highest BCUT2D eigenvalue weighted by molar-refractivity contribution is 6.04. The van der Waals surface area contributed by atoms with Crippen molar-refractivity contribution in [3.63, 3.8) is 0 Å². The Morgan fingerprint density at radius 2 is 1.36 bits per heavy atom. The first-order valence-electron chi connectivity index (χ1n) is 15.8. The molecule has 7 rings (SSSR count). The molecule has 236 valence electrons. The van der Waals surface area contributed by atoms with Crippen molar-refractivity contribution >= 4 is 23.6 Å². The van der Waals surface area contributed by atoms with Gasteiger partial charge in [0.05, 0.1) is 19.8 Å². The van der Waals surface area contributed by atoms with Gasteiger partial charge in [-0.15, -0.1) is 0 Å². The molecule has 3 N–H and O–H groups in total. The van der Waals surface area contributed by atoms with Crippen molar-refractivity contribution in [3.05, 3.63) is 89.5 Å². The molecule has 9 heteroatoms. The van der Waals surface area contributed by atoms with E-state index in [0.29, 0.717) is 41.3 Å². The van der Waals surface area contributed by atoms with Gasteiger partial charge in [0.1, 0.15) is 17.6 Å². The molecule has 1 atom stereocenters. The molecule has 1 unspecified atom stereocenters. The second-order valence-electron chi connectivity index (χ2n) is 12.8. The van der Waals surface area contributed by atoms with Gasteiger partial charge in [0.2, 0.25) is 0 Å². The average Bonchev–Trinajstić information content (AvgIpc) is 3.03. The van der Waals surface area contributed by atoms with E-state index in [1.54, 1.807) is 67.8 Å². The first kappa shape index (κ1) is 30.5. The Hall–Kier alpha value is -4.53. The number of hydrogen-bond donors (Lipinski definition) is 3. The molecule has 9 nitrogen and oxygen atoms in total.